The number of nitro benzene ring substituents is 1. The van der Waals surface area contributed by atoms with Gasteiger partial charge in [0.2, 0.25) is 11.8 Å². The van der Waals surface area contributed by atoms with E-state index in [4.69, 9.17) is 0 Å². The minimum atomic E-state index is -0.453. The van der Waals surface area contributed by atoms with Crippen molar-refractivity contribution in [2.24, 2.45) is 17.8 Å². The molecule has 1 heterocycles. The Bertz CT molecular complexity index is 894. The van der Waals surface area contributed by atoms with Gasteiger partial charge >= 0.3 is 0 Å². The minimum Gasteiger partial charge on any atom is -0.379 e. The van der Waals surface area contributed by atoms with Crippen LogP contribution in [0.4, 0.5) is 17.1 Å². The van der Waals surface area contributed by atoms with Crippen molar-refractivity contribution < 1.29 is 14.5 Å². The lowest BCUT2D eigenvalue weighted by Gasteiger charge is -2.25. The molecule has 1 saturated heterocycles. The maximum atomic E-state index is 12.9. The van der Waals surface area contributed by atoms with E-state index in [1.807, 2.05) is 0 Å². The molecule has 4 rings (SSSR count). The van der Waals surface area contributed by atoms with Crippen LogP contribution >= 0.6 is 0 Å². The van der Waals surface area contributed by atoms with Gasteiger partial charge < -0.3 is 5.32 Å². The van der Waals surface area contributed by atoms with Gasteiger partial charge in [0.05, 0.1) is 22.4 Å². The van der Waals surface area contributed by atoms with Crippen molar-refractivity contribution in [1.29, 1.82) is 0 Å². The molecule has 7 nitrogen and oxygen atoms in total. The van der Waals surface area contributed by atoms with Crippen molar-refractivity contribution in [3.8, 4) is 0 Å². The number of nitro groups is 1. The highest BCUT2D eigenvalue weighted by Gasteiger charge is 2.50. The largest absolute Gasteiger partial charge is 0.379 e. The van der Waals surface area contributed by atoms with Crippen LogP contribution < -0.4 is 10.2 Å². The molecule has 1 saturated carbocycles. The summed E-state index contributed by atoms with van der Waals surface area (Å²) in [7, 11) is 0. The van der Waals surface area contributed by atoms with Crippen LogP contribution in [0.2, 0.25) is 0 Å². The van der Waals surface area contributed by atoms with Crippen LogP contribution in [0.15, 0.2) is 29.8 Å². The molecule has 3 atom stereocenters. The van der Waals surface area contributed by atoms with Crippen molar-refractivity contribution in [3.63, 3.8) is 0 Å². The molecule has 1 N–H and O–H groups in total. The highest BCUT2D eigenvalue weighted by molar-refractivity contribution is 6.22. The fourth-order valence-electron chi connectivity index (χ4n) is 5.09. The van der Waals surface area contributed by atoms with E-state index in [1.165, 1.54) is 29.4 Å². The number of hydrogen-bond donors (Lipinski definition) is 1. The summed E-state index contributed by atoms with van der Waals surface area (Å²) in [4.78, 5) is 38.2. The van der Waals surface area contributed by atoms with E-state index < -0.39 is 4.92 Å². The molecule has 0 unspecified atom stereocenters. The summed E-state index contributed by atoms with van der Waals surface area (Å²) >= 11 is 0. The number of allylic oxidation sites excluding steroid dienone is 1. The average molecular weight is 412 g/mol. The SMILES string of the molecule is C[C@@H]1CC[C@@H]2C(=O)N(c3ccc(NCCC4=CCCCC4)c([N+](=O)[O-])c3)C(=O)[C@@H]2C1. The molecule has 7 heteroatoms. The number of hydrogen-bond acceptors (Lipinski definition) is 5. The van der Waals surface area contributed by atoms with Gasteiger partial charge in [-0.3, -0.25) is 19.7 Å². The Morgan fingerprint density at radius 1 is 1.17 bits per heavy atom. The molecule has 0 aromatic heterocycles. The maximum Gasteiger partial charge on any atom is 0.294 e. The number of anilines is 2. The zero-order valence-corrected chi connectivity index (χ0v) is 17.4. The molecular weight excluding hydrogens is 382 g/mol. The number of nitrogens with zero attached hydrogens (tertiary/aromatic N) is 2. The number of fused-ring (bicyclic) bond motifs is 1. The molecule has 1 aromatic carbocycles. The van der Waals surface area contributed by atoms with Gasteiger partial charge in [0.15, 0.2) is 0 Å². The van der Waals surface area contributed by atoms with Crippen molar-refractivity contribution in [2.45, 2.75) is 58.3 Å². The smallest absolute Gasteiger partial charge is 0.294 e. The van der Waals surface area contributed by atoms with Gasteiger partial charge in [0, 0.05) is 12.6 Å². The standard InChI is InChI=1S/C23H29N3O4/c1-15-7-9-18-19(13-15)23(28)25(22(18)27)17-8-10-20(21(14-17)26(29)30)24-12-11-16-5-3-2-4-6-16/h5,8,10,14-15,18-19,24H,2-4,6-7,9,11-13H2,1H3/t15-,18+,19-/m1/s1. The molecule has 1 aromatic rings. The van der Waals surface area contributed by atoms with Crippen molar-refractivity contribution in [3.05, 3.63) is 40.0 Å². The average Bonchev–Trinajstić information content (AvgIpc) is 2.98. The lowest BCUT2D eigenvalue weighted by molar-refractivity contribution is -0.383. The van der Waals surface area contributed by atoms with E-state index in [1.54, 1.807) is 12.1 Å². The lowest BCUT2D eigenvalue weighted by Crippen LogP contribution is -2.31. The maximum absolute atomic E-state index is 12.9. The number of imide groups is 1. The first-order valence-corrected chi connectivity index (χ1v) is 11.0. The number of nitrogens with one attached hydrogen (secondary N) is 1. The molecule has 0 bridgehead atoms. The fraction of sp³-hybridized carbons (Fsp3) is 0.565. The zero-order valence-electron chi connectivity index (χ0n) is 17.4. The van der Waals surface area contributed by atoms with Gasteiger partial charge in [-0.15, -0.1) is 0 Å². The predicted molar refractivity (Wildman–Crippen MR) is 115 cm³/mol. The Morgan fingerprint density at radius 3 is 2.70 bits per heavy atom. The second-order valence-corrected chi connectivity index (χ2v) is 8.89. The second kappa shape index (κ2) is 8.58. The quantitative estimate of drug-likeness (QED) is 0.313. The number of amides is 2. The van der Waals surface area contributed by atoms with E-state index >= 15 is 0 Å². The van der Waals surface area contributed by atoms with Crippen LogP contribution in [0, 0.1) is 27.9 Å². The van der Waals surface area contributed by atoms with E-state index in [2.05, 4.69) is 18.3 Å². The summed E-state index contributed by atoms with van der Waals surface area (Å²) in [5.41, 5.74) is 2.02. The van der Waals surface area contributed by atoms with Gasteiger partial charge in [-0.1, -0.05) is 18.6 Å². The highest BCUT2D eigenvalue weighted by atomic mass is 16.6. The summed E-state index contributed by atoms with van der Waals surface area (Å²) in [6.45, 7) is 2.72. The van der Waals surface area contributed by atoms with Crippen LogP contribution in [0.25, 0.3) is 0 Å². The van der Waals surface area contributed by atoms with Gasteiger partial charge in [-0.25, -0.2) is 4.90 Å². The van der Waals surface area contributed by atoms with E-state index in [0.29, 0.717) is 36.7 Å². The van der Waals surface area contributed by atoms with E-state index in [-0.39, 0.29) is 29.3 Å². The third-order valence-corrected chi connectivity index (χ3v) is 6.77. The summed E-state index contributed by atoms with van der Waals surface area (Å²) in [5, 5.41) is 14.8. The third-order valence-electron chi connectivity index (χ3n) is 6.77. The van der Waals surface area contributed by atoms with E-state index in [9.17, 15) is 19.7 Å². The minimum absolute atomic E-state index is 0.103. The Labute approximate surface area is 176 Å². The van der Waals surface area contributed by atoms with Gasteiger partial charge in [0.25, 0.3) is 5.69 Å². The monoisotopic (exact) mass is 411 g/mol. The number of carbonyl (C=O) groups is 2. The zero-order chi connectivity index (χ0) is 21.3. The molecule has 2 fully saturated rings. The molecule has 0 radical (unpaired) electrons. The number of carbonyl (C=O) groups excluding carboxylic acids is 2. The Balaban J connectivity index is 1.51. The molecule has 2 aliphatic carbocycles. The predicted octanol–water partition coefficient (Wildman–Crippen LogP) is 4.82. The molecular formula is C23H29N3O4. The third kappa shape index (κ3) is 3.98. The van der Waals surface area contributed by atoms with Crippen LogP contribution in [-0.2, 0) is 9.59 Å². The number of rotatable bonds is 6. The van der Waals surface area contributed by atoms with E-state index in [0.717, 1.165) is 25.7 Å². The van der Waals surface area contributed by atoms with Crippen molar-refractivity contribution in [1.82, 2.24) is 0 Å². The normalized spacial score (nSPS) is 26.4. The molecule has 3 aliphatic rings. The number of benzene rings is 1. The van der Waals surface area contributed by atoms with Crippen molar-refractivity contribution in [2.75, 3.05) is 16.8 Å². The van der Waals surface area contributed by atoms with Crippen molar-refractivity contribution >= 4 is 28.9 Å². The first-order chi connectivity index (χ1) is 14.5. The van der Waals surface area contributed by atoms with Crippen LogP contribution in [-0.4, -0.2) is 23.3 Å². The molecule has 160 valence electrons. The van der Waals surface area contributed by atoms with Gasteiger partial charge in [-0.2, -0.15) is 0 Å². The Kier molecular flexibility index (Phi) is 5.88. The fourth-order valence-corrected chi connectivity index (χ4v) is 5.09. The summed E-state index contributed by atoms with van der Waals surface area (Å²) in [6.07, 6.45) is 10.2. The molecule has 0 spiro atoms. The molecule has 2 amide bonds. The van der Waals surface area contributed by atoms with Gasteiger partial charge in [-0.05, 0) is 69.4 Å². The molecule has 30 heavy (non-hydrogen) atoms. The Morgan fingerprint density at radius 2 is 1.97 bits per heavy atom. The first kappa shape index (κ1) is 20.6. The first-order valence-electron chi connectivity index (χ1n) is 11.0. The highest BCUT2D eigenvalue weighted by Crippen LogP contribution is 2.43. The van der Waals surface area contributed by atoms with Crippen LogP contribution in [0.1, 0.15) is 58.3 Å². The van der Waals surface area contributed by atoms with Crippen LogP contribution in [0.5, 0.6) is 0 Å². The topological polar surface area (TPSA) is 92.6 Å². The summed E-state index contributed by atoms with van der Waals surface area (Å²) in [6, 6.07) is 4.62. The lowest BCUT2D eigenvalue weighted by atomic mass is 9.76. The Hall–Kier alpha value is -2.70. The van der Waals surface area contributed by atoms with Crippen LogP contribution in [0.3, 0.4) is 0 Å². The molecule has 1 aliphatic heterocycles. The van der Waals surface area contributed by atoms with Gasteiger partial charge in [0.1, 0.15) is 5.69 Å². The summed E-state index contributed by atoms with van der Waals surface area (Å²) < 4.78 is 0. The second-order valence-electron chi connectivity index (χ2n) is 8.89. The summed E-state index contributed by atoms with van der Waals surface area (Å²) in [5.74, 6) is -0.578.